The number of carbonyl (C=O) groups is 1. The van der Waals surface area contributed by atoms with Gasteiger partial charge in [0.15, 0.2) is 4.80 Å². The van der Waals surface area contributed by atoms with Crippen LogP contribution in [0.4, 0.5) is 0 Å². The average molecular weight is 598 g/mol. The van der Waals surface area contributed by atoms with Crippen molar-refractivity contribution >= 4 is 45.9 Å². The van der Waals surface area contributed by atoms with Gasteiger partial charge < -0.3 is 14.0 Å². The quantitative estimate of drug-likeness (QED) is 0.233. The van der Waals surface area contributed by atoms with Gasteiger partial charge in [0.05, 0.1) is 35.6 Å². The molecular formula is C33H28ClN3O4S. The normalized spacial score (nSPS) is 15.0. The van der Waals surface area contributed by atoms with Crippen LogP contribution >= 0.6 is 22.9 Å². The summed E-state index contributed by atoms with van der Waals surface area (Å²) >= 11 is 7.83. The van der Waals surface area contributed by atoms with Crippen molar-refractivity contribution in [3.63, 3.8) is 0 Å². The molecule has 7 nitrogen and oxygen atoms in total. The number of carbonyl (C=O) groups excluding carboxylic acids is 1. The summed E-state index contributed by atoms with van der Waals surface area (Å²) in [7, 11) is 1.59. The molecule has 0 saturated heterocycles. The van der Waals surface area contributed by atoms with Crippen LogP contribution in [0.3, 0.4) is 0 Å². The lowest BCUT2D eigenvalue weighted by atomic mass is 9.96. The minimum Gasteiger partial charge on any atom is -0.497 e. The number of hydrogen-bond donors (Lipinski definition) is 0. The Morgan fingerprint density at radius 2 is 1.81 bits per heavy atom. The molecule has 0 fully saturated rings. The number of aromatic nitrogens is 2. The maximum Gasteiger partial charge on any atom is 0.338 e. The first-order valence-electron chi connectivity index (χ1n) is 13.5. The molecule has 3 aromatic carbocycles. The van der Waals surface area contributed by atoms with Gasteiger partial charge in [0, 0.05) is 28.2 Å². The molecule has 0 amide bonds. The van der Waals surface area contributed by atoms with E-state index in [2.05, 4.69) is 22.8 Å². The fourth-order valence-corrected chi connectivity index (χ4v) is 6.58. The Labute approximate surface area is 251 Å². The summed E-state index contributed by atoms with van der Waals surface area (Å²) in [6.45, 7) is 4.29. The van der Waals surface area contributed by atoms with Gasteiger partial charge in [-0.1, -0.05) is 71.5 Å². The van der Waals surface area contributed by atoms with Crippen molar-refractivity contribution in [1.82, 2.24) is 9.13 Å². The smallest absolute Gasteiger partial charge is 0.338 e. The fourth-order valence-electron chi connectivity index (χ4n) is 5.35. The molecule has 1 aliphatic heterocycles. The van der Waals surface area contributed by atoms with Gasteiger partial charge >= 0.3 is 5.97 Å². The van der Waals surface area contributed by atoms with Gasteiger partial charge in [-0.3, -0.25) is 9.36 Å². The molecule has 9 heteroatoms. The van der Waals surface area contributed by atoms with E-state index in [0.29, 0.717) is 37.9 Å². The van der Waals surface area contributed by atoms with Gasteiger partial charge in [-0.25, -0.2) is 9.79 Å². The van der Waals surface area contributed by atoms with Crippen molar-refractivity contribution < 1.29 is 14.3 Å². The topological polar surface area (TPSA) is 74.8 Å². The highest BCUT2D eigenvalue weighted by molar-refractivity contribution is 7.07. The number of fused-ring (bicyclic) bond motifs is 2. The van der Waals surface area contributed by atoms with Gasteiger partial charge in [0.2, 0.25) is 0 Å². The molecule has 3 heterocycles. The third-order valence-electron chi connectivity index (χ3n) is 7.36. The van der Waals surface area contributed by atoms with Crippen molar-refractivity contribution in [1.29, 1.82) is 0 Å². The Balaban J connectivity index is 1.54. The summed E-state index contributed by atoms with van der Waals surface area (Å²) in [6.07, 6.45) is 1.90. The van der Waals surface area contributed by atoms with E-state index in [0.717, 1.165) is 27.7 Å². The van der Waals surface area contributed by atoms with Crippen LogP contribution in [0.1, 0.15) is 36.7 Å². The van der Waals surface area contributed by atoms with Crippen molar-refractivity contribution in [3.8, 4) is 5.75 Å². The average Bonchev–Trinajstić information content (AvgIpc) is 3.49. The lowest BCUT2D eigenvalue weighted by Crippen LogP contribution is -2.40. The third kappa shape index (κ3) is 4.97. The van der Waals surface area contributed by atoms with E-state index in [1.165, 1.54) is 11.3 Å². The number of halogens is 1. The largest absolute Gasteiger partial charge is 0.497 e. The molecule has 1 atom stereocenters. The van der Waals surface area contributed by atoms with Gasteiger partial charge in [-0.15, -0.1) is 0 Å². The van der Waals surface area contributed by atoms with Crippen LogP contribution < -0.4 is 19.6 Å². The minimum atomic E-state index is -0.692. The molecule has 2 aromatic heterocycles. The number of esters is 1. The van der Waals surface area contributed by atoms with Crippen LogP contribution in [0.2, 0.25) is 5.02 Å². The maximum atomic E-state index is 14.1. The molecule has 0 saturated carbocycles. The summed E-state index contributed by atoms with van der Waals surface area (Å²) in [5.41, 5.74) is 4.27. The zero-order chi connectivity index (χ0) is 29.4. The SMILES string of the molecule is CCOC(=O)C1=C(C)N=c2s/c(=C/c3cc4ccccc4n3Cc3ccccc3Cl)c(=O)n2C1c1ccc(OC)cc1. The number of nitrogens with zero attached hydrogens (tertiary/aromatic N) is 3. The van der Waals surface area contributed by atoms with Gasteiger partial charge in [0.1, 0.15) is 5.75 Å². The molecule has 0 aliphatic carbocycles. The third-order valence-corrected chi connectivity index (χ3v) is 8.71. The molecule has 6 rings (SSSR count). The zero-order valence-corrected chi connectivity index (χ0v) is 24.9. The molecule has 5 aromatic rings. The van der Waals surface area contributed by atoms with Gasteiger partial charge in [-0.2, -0.15) is 0 Å². The molecular weight excluding hydrogens is 570 g/mol. The maximum absolute atomic E-state index is 14.1. The van der Waals surface area contributed by atoms with E-state index >= 15 is 0 Å². The second-order valence-electron chi connectivity index (χ2n) is 9.88. The number of ether oxygens (including phenoxy) is 2. The Morgan fingerprint density at radius 3 is 2.55 bits per heavy atom. The Bertz CT molecular complexity index is 2040. The Morgan fingerprint density at radius 1 is 1.07 bits per heavy atom. The van der Waals surface area contributed by atoms with Crippen LogP contribution in [0, 0.1) is 0 Å². The number of thiazole rings is 1. The van der Waals surface area contributed by atoms with Crippen molar-refractivity contribution in [2.45, 2.75) is 26.4 Å². The fraction of sp³-hybridized carbons (Fsp3) is 0.182. The second kappa shape index (κ2) is 11.5. The summed E-state index contributed by atoms with van der Waals surface area (Å²) in [6, 6.07) is 24.6. The lowest BCUT2D eigenvalue weighted by molar-refractivity contribution is -0.139. The van der Waals surface area contributed by atoms with Gasteiger partial charge in [-0.05, 0) is 61.4 Å². The predicted octanol–water partition coefficient (Wildman–Crippen LogP) is 5.46. The first-order chi connectivity index (χ1) is 20.4. The monoisotopic (exact) mass is 597 g/mol. The molecule has 42 heavy (non-hydrogen) atoms. The highest BCUT2D eigenvalue weighted by atomic mass is 35.5. The molecule has 0 spiro atoms. The first-order valence-corrected chi connectivity index (χ1v) is 14.7. The number of rotatable bonds is 7. The second-order valence-corrected chi connectivity index (χ2v) is 11.3. The van der Waals surface area contributed by atoms with E-state index in [4.69, 9.17) is 26.1 Å². The minimum absolute atomic E-state index is 0.214. The van der Waals surface area contributed by atoms with Crippen molar-refractivity contribution in [2.75, 3.05) is 13.7 Å². The summed E-state index contributed by atoms with van der Waals surface area (Å²) < 4.78 is 15.0. The number of hydrogen-bond acceptors (Lipinski definition) is 6. The zero-order valence-electron chi connectivity index (χ0n) is 23.3. The van der Waals surface area contributed by atoms with E-state index in [1.807, 2.05) is 66.7 Å². The van der Waals surface area contributed by atoms with Crippen molar-refractivity contribution in [3.05, 3.63) is 132 Å². The molecule has 0 bridgehead atoms. The van der Waals surface area contributed by atoms with Crippen LogP contribution in [0.5, 0.6) is 5.75 Å². The summed E-state index contributed by atoms with van der Waals surface area (Å²) in [5, 5.41) is 1.74. The van der Waals surface area contributed by atoms with Crippen LogP contribution in [-0.2, 0) is 16.1 Å². The Hall–Kier alpha value is -4.40. The van der Waals surface area contributed by atoms with E-state index in [-0.39, 0.29) is 12.2 Å². The van der Waals surface area contributed by atoms with Crippen LogP contribution in [-0.4, -0.2) is 28.8 Å². The molecule has 0 radical (unpaired) electrons. The number of benzene rings is 3. The molecule has 212 valence electrons. The Kier molecular flexibility index (Phi) is 7.58. The van der Waals surface area contributed by atoms with E-state index in [1.54, 1.807) is 25.5 Å². The highest BCUT2D eigenvalue weighted by Crippen LogP contribution is 2.32. The summed E-state index contributed by atoms with van der Waals surface area (Å²) in [5.74, 6) is 0.185. The van der Waals surface area contributed by atoms with Crippen molar-refractivity contribution in [2.24, 2.45) is 4.99 Å². The number of methoxy groups -OCH3 is 1. The molecule has 1 unspecified atom stereocenters. The molecule has 1 aliphatic rings. The van der Waals surface area contributed by atoms with Crippen LogP contribution in [0.15, 0.2) is 99.9 Å². The predicted molar refractivity (Wildman–Crippen MR) is 166 cm³/mol. The van der Waals surface area contributed by atoms with E-state index < -0.39 is 12.0 Å². The number of para-hydroxylation sites is 1. The van der Waals surface area contributed by atoms with E-state index in [9.17, 15) is 9.59 Å². The number of allylic oxidation sites excluding steroid dienone is 1. The first kappa shape index (κ1) is 27.8. The lowest BCUT2D eigenvalue weighted by Gasteiger charge is -2.24. The highest BCUT2D eigenvalue weighted by Gasteiger charge is 2.33. The molecule has 0 N–H and O–H groups in total. The van der Waals surface area contributed by atoms with Gasteiger partial charge in [0.25, 0.3) is 5.56 Å². The van der Waals surface area contributed by atoms with Crippen LogP contribution in [0.25, 0.3) is 17.0 Å². The standard InChI is InChI=1S/C33H28ClN3O4S/c1-4-41-32(39)29-20(2)35-33-37(30(29)21-13-15-25(40-3)16-14-21)31(38)28(42-33)18-24-17-22-9-6-8-12-27(22)36(24)19-23-10-5-7-11-26(23)34/h5-18,30H,4,19H2,1-3H3/b28-18+. The summed E-state index contributed by atoms with van der Waals surface area (Å²) in [4.78, 5) is 32.5.